The molecule has 0 radical (unpaired) electrons. The van der Waals surface area contributed by atoms with Gasteiger partial charge >= 0.3 is 0 Å². The third kappa shape index (κ3) is 5.26. The van der Waals surface area contributed by atoms with E-state index in [1.807, 2.05) is 54.6 Å². The summed E-state index contributed by atoms with van der Waals surface area (Å²) in [4.78, 5) is 12.3. The summed E-state index contributed by atoms with van der Waals surface area (Å²) in [5.74, 6) is 0.623. The molecule has 0 bridgehead atoms. The molecule has 2 N–H and O–H groups in total. The molecule has 0 atom stereocenters. The van der Waals surface area contributed by atoms with Gasteiger partial charge in [-0.1, -0.05) is 53.5 Å². The van der Waals surface area contributed by atoms with E-state index in [2.05, 4.69) is 15.5 Å². The number of H-pyrrole nitrogens is 1. The van der Waals surface area contributed by atoms with Crippen molar-refractivity contribution in [2.45, 2.75) is 0 Å². The first kappa shape index (κ1) is 21.0. The van der Waals surface area contributed by atoms with E-state index >= 15 is 0 Å². The molecule has 1 heterocycles. The molecule has 1 aromatic heterocycles. The summed E-state index contributed by atoms with van der Waals surface area (Å²) in [6.45, 7) is 0.817. The van der Waals surface area contributed by atoms with Crippen LogP contribution in [0.1, 0.15) is 10.4 Å². The van der Waals surface area contributed by atoms with Crippen LogP contribution in [0.3, 0.4) is 0 Å². The number of ether oxygens (including phenoxy) is 1. The van der Waals surface area contributed by atoms with Crippen molar-refractivity contribution in [2.24, 2.45) is 0 Å². The Morgan fingerprint density at radius 1 is 0.968 bits per heavy atom. The first-order chi connectivity index (χ1) is 15.1. The predicted octanol–water partition coefficient (Wildman–Crippen LogP) is 5.86. The zero-order chi connectivity index (χ0) is 21.6. The lowest BCUT2D eigenvalue weighted by Crippen LogP contribution is -2.28. The number of halogens is 2. The van der Waals surface area contributed by atoms with E-state index in [-0.39, 0.29) is 5.91 Å². The predicted molar refractivity (Wildman–Crippen MR) is 124 cm³/mol. The molecule has 4 rings (SSSR count). The quantitative estimate of drug-likeness (QED) is 0.345. The monoisotopic (exact) mass is 451 g/mol. The van der Waals surface area contributed by atoms with Crippen molar-refractivity contribution in [1.29, 1.82) is 0 Å². The number of carbonyl (C=O) groups is 1. The Hall–Kier alpha value is -3.28. The molecule has 0 aliphatic heterocycles. The fourth-order valence-electron chi connectivity index (χ4n) is 3.06. The number of aromatic amines is 1. The second-order valence-electron chi connectivity index (χ2n) is 6.79. The summed E-state index contributed by atoms with van der Waals surface area (Å²) in [5.41, 5.74) is 3.82. The zero-order valence-electron chi connectivity index (χ0n) is 16.4. The van der Waals surface area contributed by atoms with Crippen molar-refractivity contribution in [3.8, 4) is 28.3 Å². The van der Waals surface area contributed by atoms with E-state index in [1.165, 1.54) is 0 Å². The third-order valence-electron chi connectivity index (χ3n) is 4.64. The Morgan fingerprint density at radius 3 is 2.48 bits per heavy atom. The molecule has 1 amide bonds. The van der Waals surface area contributed by atoms with Gasteiger partial charge in [0.05, 0.1) is 23.0 Å². The Labute approximate surface area is 190 Å². The number of aromatic nitrogens is 2. The minimum atomic E-state index is -0.154. The van der Waals surface area contributed by atoms with Crippen LogP contribution in [0.5, 0.6) is 5.75 Å². The molecular weight excluding hydrogens is 433 g/mol. The van der Waals surface area contributed by atoms with Crippen LogP contribution in [0.2, 0.25) is 10.0 Å². The molecular formula is C24H19Cl2N3O2. The zero-order valence-corrected chi connectivity index (χ0v) is 18.0. The van der Waals surface area contributed by atoms with Crippen LogP contribution < -0.4 is 10.1 Å². The van der Waals surface area contributed by atoms with Gasteiger partial charge in [0.25, 0.3) is 5.91 Å². The van der Waals surface area contributed by atoms with Crippen molar-refractivity contribution in [3.05, 3.63) is 94.5 Å². The highest BCUT2D eigenvalue weighted by Gasteiger charge is 2.11. The molecule has 156 valence electrons. The van der Waals surface area contributed by atoms with Crippen molar-refractivity contribution in [2.75, 3.05) is 13.2 Å². The fourth-order valence-corrected chi connectivity index (χ4v) is 3.57. The molecule has 0 saturated carbocycles. The van der Waals surface area contributed by atoms with Crippen molar-refractivity contribution in [3.63, 3.8) is 0 Å². The molecule has 7 heteroatoms. The first-order valence-electron chi connectivity index (χ1n) is 9.67. The van der Waals surface area contributed by atoms with Crippen LogP contribution in [0.15, 0.2) is 78.9 Å². The van der Waals surface area contributed by atoms with Crippen molar-refractivity contribution in [1.82, 2.24) is 15.5 Å². The minimum Gasteiger partial charge on any atom is -0.492 e. The number of nitrogens with one attached hydrogen (secondary N) is 2. The fraction of sp³-hybridized carbons (Fsp3) is 0.0833. The first-order valence-corrected chi connectivity index (χ1v) is 10.4. The number of nitrogens with zero attached hydrogens (tertiary/aromatic N) is 1. The number of amides is 1. The largest absolute Gasteiger partial charge is 0.492 e. The number of carbonyl (C=O) groups excluding carboxylic acids is 1. The second-order valence-corrected chi connectivity index (χ2v) is 7.63. The molecule has 0 saturated heterocycles. The number of para-hydroxylation sites is 1. The Balaban J connectivity index is 1.36. The summed E-state index contributed by atoms with van der Waals surface area (Å²) in [6, 6.07) is 24.0. The molecule has 0 unspecified atom stereocenters. The summed E-state index contributed by atoms with van der Waals surface area (Å²) < 4.78 is 5.58. The molecule has 31 heavy (non-hydrogen) atoms. The Kier molecular flexibility index (Phi) is 6.55. The van der Waals surface area contributed by atoms with Crippen LogP contribution in [0, 0.1) is 0 Å². The van der Waals surface area contributed by atoms with Gasteiger partial charge in [0.2, 0.25) is 0 Å². The molecule has 3 aromatic carbocycles. The van der Waals surface area contributed by atoms with Gasteiger partial charge in [-0.05, 0) is 48.5 Å². The average molecular weight is 452 g/mol. The van der Waals surface area contributed by atoms with Crippen molar-refractivity contribution >= 4 is 29.1 Å². The van der Waals surface area contributed by atoms with E-state index < -0.39 is 0 Å². The number of rotatable bonds is 7. The molecule has 0 aliphatic carbocycles. The highest BCUT2D eigenvalue weighted by molar-refractivity contribution is 6.36. The van der Waals surface area contributed by atoms with E-state index in [4.69, 9.17) is 27.9 Å². The van der Waals surface area contributed by atoms with E-state index in [0.717, 1.165) is 28.3 Å². The average Bonchev–Trinajstić information content (AvgIpc) is 3.27. The lowest BCUT2D eigenvalue weighted by molar-refractivity contribution is 0.0947. The van der Waals surface area contributed by atoms with Gasteiger partial charge in [-0.2, -0.15) is 5.10 Å². The van der Waals surface area contributed by atoms with Gasteiger partial charge in [0, 0.05) is 21.7 Å². The highest BCUT2D eigenvalue weighted by atomic mass is 35.5. The normalized spacial score (nSPS) is 10.6. The van der Waals surface area contributed by atoms with Gasteiger partial charge in [0.1, 0.15) is 12.4 Å². The molecule has 0 aliphatic rings. The molecule has 0 spiro atoms. The maximum absolute atomic E-state index is 12.3. The number of benzene rings is 3. The van der Waals surface area contributed by atoms with Crippen molar-refractivity contribution < 1.29 is 9.53 Å². The maximum atomic E-state index is 12.3. The van der Waals surface area contributed by atoms with Gasteiger partial charge in [-0.15, -0.1) is 0 Å². The molecule has 5 nitrogen and oxygen atoms in total. The Morgan fingerprint density at radius 2 is 1.74 bits per heavy atom. The van der Waals surface area contributed by atoms with Crippen LogP contribution in [-0.2, 0) is 0 Å². The summed E-state index contributed by atoms with van der Waals surface area (Å²) >= 11 is 12.2. The SMILES string of the molecule is O=C(NCCOc1ccccc1)c1ccc(-c2cc(-c3ccc(Cl)cc3Cl)[nH]n2)cc1. The standard InChI is InChI=1S/C24H19Cl2N3O2/c25-18-10-11-20(21(26)14-18)23-15-22(28-29-23)16-6-8-17(9-7-16)24(30)27-12-13-31-19-4-2-1-3-5-19/h1-11,14-15H,12-13H2,(H,27,30)(H,28,29). The maximum Gasteiger partial charge on any atom is 0.251 e. The Bertz CT molecular complexity index is 1180. The van der Waals surface area contributed by atoms with Crippen LogP contribution in [0.4, 0.5) is 0 Å². The lowest BCUT2D eigenvalue weighted by atomic mass is 10.1. The lowest BCUT2D eigenvalue weighted by Gasteiger charge is -2.08. The number of hydrogen-bond donors (Lipinski definition) is 2. The van der Waals surface area contributed by atoms with Crippen LogP contribution in [0.25, 0.3) is 22.5 Å². The molecule has 4 aromatic rings. The van der Waals surface area contributed by atoms with Crippen LogP contribution >= 0.6 is 23.2 Å². The minimum absolute atomic E-state index is 0.154. The van der Waals surface area contributed by atoms with Crippen LogP contribution in [-0.4, -0.2) is 29.3 Å². The summed E-state index contributed by atoms with van der Waals surface area (Å²) in [5, 5.41) is 11.3. The second kappa shape index (κ2) is 9.69. The third-order valence-corrected chi connectivity index (χ3v) is 5.19. The van der Waals surface area contributed by atoms with Gasteiger partial charge in [0.15, 0.2) is 0 Å². The smallest absolute Gasteiger partial charge is 0.251 e. The topological polar surface area (TPSA) is 67.0 Å². The van der Waals surface area contributed by atoms with Gasteiger partial charge < -0.3 is 10.1 Å². The number of hydrogen-bond acceptors (Lipinski definition) is 3. The van der Waals surface area contributed by atoms with Gasteiger partial charge in [-0.3, -0.25) is 9.89 Å². The highest BCUT2D eigenvalue weighted by Crippen LogP contribution is 2.31. The summed E-state index contributed by atoms with van der Waals surface area (Å²) in [6.07, 6.45) is 0. The van der Waals surface area contributed by atoms with E-state index in [0.29, 0.717) is 28.8 Å². The van der Waals surface area contributed by atoms with E-state index in [9.17, 15) is 4.79 Å². The summed E-state index contributed by atoms with van der Waals surface area (Å²) in [7, 11) is 0. The van der Waals surface area contributed by atoms with Gasteiger partial charge in [-0.25, -0.2) is 0 Å². The van der Waals surface area contributed by atoms with E-state index in [1.54, 1.807) is 24.3 Å². The molecule has 0 fully saturated rings.